The van der Waals surface area contributed by atoms with Gasteiger partial charge in [0.1, 0.15) is 12.1 Å². The summed E-state index contributed by atoms with van der Waals surface area (Å²) in [6.45, 7) is 1.48. The van der Waals surface area contributed by atoms with Crippen LogP contribution in [0.5, 0.6) is 0 Å². The van der Waals surface area contributed by atoms with Gasteiger partial charge in [0.2, 0.25) is 5.91 Å². The van der Waals surface area contributed by atoms with E-state index in [2.05, 4.69) is 26.0 Å². The summed E-state index contributed by atoms with van der Waals surface area (Å²) in [5, 5.41) is 13.8. The number of pyridine rings is 1. The molecular formula is C26H22ClFN6O2. The number of halogens is 2. The van der Waals surface area contributed by atoms with Crippen LogP contribution >= 0.6 is 11.6 Å². The standard InChI is InChI=1S/C26H22ClFN6O2/c27-20-5-4-17(28)10-18(20)24-23-19(26(36)33-24)8-16(15-3-6-22-30-13-31-34(22)12-15)9-21(23)32-25(35)14-2-1-7-29-11-14/h3-6,8-10,12-14,24,29H,1-2,7,11H2,(H,32,35)(H,33,36)/t14-,24+/m0/s1. The Hall–Kier alpha value is -3.82. The number of piperidine rings is 1. The number of hydrogen-bond donors (Lipinski definition) is 3. The molecule has 1 fully saturated rings. The predicted molar refractivity (Wildman–Crippen MR) is 133 cm³/mol. The van der Waals surface area contributed by atoms with Gasteiger partial charge in [-0.05, 0) is 67.4 Å². The third-order valence-corrected chi connectivity index (χ3v) is 7.13. The van der Waals surface area contributed by atoms with E-state index in [0.717, 1.165) is 30.5 Å². The van der Waals surface area contributed by atoms with Crippen LogP contribution in [0.3, 0.4) is 0 Å². The summed E-state index contributed by atoms with van der Waals surface area (Å²) in [7, 11) is 0. The molecule has 2 aliphatic heterocycles. The lowest BCUT2D eigenvalue weighted by Gasteiger charge is -2.24. The summed E-state index contributed by atoms with van der Waals surface area (Å²) in [5.41, 5.74) is 4.09. The molecule has 0 saturated carbocycles. The maximum atomic E-state index is 14.2. The Bertz CT molecular complexity index is 1510. The second kappa shape index (κ2) is 9.00. The fourth-order valence-electron chi connectivity index (χ4n) is 4.97. The van der Waals surface area contributed by atoms with Gasteiger partial charge in [-0.25, -0.2) is 13.9 Å². The first-order valence-electron chi connectivity index (χ1n) is 11.7. The van der Waals surface area contributed by atoms with Crippen LogP contribution in [0.25, 0.3) is 16.8 Å². The lowest BCUT2D eigenvalue weighted by Crippen LogP contribution is -2.37. The molecular weight excluding hydrogens is 483 g/mol. The van der Waals surface area contributed by atoms with Crippen LogP contribution in [0, 0.1) is 11.7 Å². The number of hydrogen-bond acceptors (Lipinski definition) is 5. The molecule has 0 bridgehead atoms. The highest BCUT2D eigenvalue weighted by Gasteiger charge is 2.35. The van der Waals surface area contributed by atoms with Gasteiger partial charge in [0.05, 0.1) is 12.0 Å². The van der Waals surface area contributed by atoms with Crippen LogP contribution in [0.15, 0.2) is 55.0 Å². The van der Waals surface area contributed by atoms with E-state index in [1.54, 1.807) is 10.6 Å². The van der Waals surface area contributed by atoms with E-state index in [4.69, 9.17) is 11.6 Å². The van der Waals surface area contributed by atoms with Crippen LogP contribution in [0.2, 0.25) is 5.02 Å². The van der Waals surface area contributed by atoms with E-state index in [9.17, 15) is 14.0 Å². The molecule has 6 rings (SSSR count). The number of nitrogens with one attached hydrogen (secondary N) is 3. The molecule has 2 atom stereocenters. The Morgan fingerprint density at radius 3 is 2.89 bits per heavy atom. The van der Waals surface area contributed by atoms with Crippen molar-refractivity contribution < 1.29 is 14.0 Å². The highest BCUT2D eigenvalue weighted by Crippen LogP contribution is 2.42. The zero-order valence-electron chi connectivity index (χ0n) is 19.1. The lowest BCUT2D eigenvalue weighted by atomic mass is 9.92. The fourth-order valence-corrected chi connectivity index (χ4v) is 5.20. The normalized spacial score (nSPS) is 19.2. The van der Waals surface area contributed by atoms with E-state index in [1.165, 1.54) is 24.5 Å². The maximum absolute atomic E-state index is 14.2. The SMILES string of the molecule is O=C1N[C@H](c2cc(F)ccc2Cl)c2c(NC(=O)[C@H]3CCCNC3)cc(-c3ccc4ncnn4c3)cc21. The van der Waals surface area contributed by atoms with Gasteiger partial charge in [-0.2, -0.15) is 5.10 Å². The largest absolute Gasteiger partial charge is 0.341 e. The van der Waals surface area contributed by atoms with Crippen LogP contribution in [-0.4, -0.2) is 39.5 Å². The highest BCUT2D eigenvalue weighted by molar-refractivity contribution is 6.31. The number of fused-ring (bicyclic) bond motifs is 2. The number of amides is 2. The van der Waals surface area contributed by atoms with E-state index in [1.807, 2.05) is 24.4 Å². The molecule has 182 valence electrons. The number of carbonyl (C=O) groups excluding carboxylic acids is 2. The molecule has 4 heterocycles. The number of benzene rings is 2. The zero-order chi connectivity index (χ0) is 24.8. The smallest absolute Gasteiger partial charge is 0.252 e. The highest BCUT2D eigenvalue weighted by atomic mass is 35.5. The minimum absolute atomic E-state index is 0.128. The second-order valence-electron chi connectivity index (χ2n) is 9.07. The van der Waals surface area contributed by atoms with Crippen molar-refractivity contribution in [2.75, 3.05) is 18.4 Å². The van der Waals surface area contributed by atoms with Crippen molar-refractivity contribution in [1.29, 1.82) is 0 Å². The summed E-state index contributed by atoms with van der Waals surface area (Å²) in [4.78, 5) is 30.6. The Morgan fingerprint density at radius 2 is 2.06 bits per heavy atom. The number of carbonyl (C=O) groups is 2. The van der Waals surface area contributed by atoms with Crippen LogP contribution < -0.4 is 16.0 Å². The van der Waals surface area contributed by atoms with Gasteiger partial charge in [0.25, 0.3) is 5.91 Å². The van der Waals surface area contributed by atoms with Crippen molar-refractivity contribution in [3.8, 4) is 11.1 Å². The molecule has 2 aliphatic rings. The first-order valence-corrected chi connectivity index (χ1v) is 12.1. The van der Waals surface area contributed by atoms with Crippen molar-refractivity contribution in [3.05, 3.63) is 82.5 Å². The Kier molecular flexibility index (Phi) is 5.66. The molecule has 0 aliphatic carbocycles. The molecule has 2 aromatic heterocycles. The van der Waals surface area contributed by atoms with Gasteiger partial charge < -0.3 is 16.0 Å². The van der Waals surface area contributed by atoms with Gasteiger partial charge in [-0.15, -0.1) is 0 Å². The van der Waals surface area contributed by atoms with Gasteiger partial charge >= 0.3 is 0 Å². The zero-order valence-corrected chi connectivity index (χ0v) is 19.8. The van der Waals surface area contributed by atoms with Crippen LogP contribution in [-0.2, 0) is 4.79 Å². The van der Waals surface area contributed by atoms with Gasteiger partial charge in [0.15, 0.2) is 5.65 Å². The van der Waals surface area contributed by atoms with E-state index in [-0.39, 0.29) is 17.7 Å². The molecule has 4 aromatic rings. The van der Waals surface area contributed by atoms with Gasteiger partial charge in [0, 0.05) is 45.7 Å². The molecule has 8 nitrogen and oxygen atoms in total. The van der Waals surface area contributed by atoms with Crippen molar-refractivity contribution >= 4 is 34.7 Å². The third kappa shape index (κ3) is 4.00. The number of aromatic nitrogens is 3. The molecule has 0 radical (unpaired) electrons. The van der Waals surface area contributed by atoms with E-state index >= 15 is 0 Å². The van der Waals surface area contributed by atoms with Crippen LogP contribution in [0.1, 0.15) is 40.4 Å². The number of nitrogens with zero attached hydrogens (tertiary/aromatic N) is 3. The Morgan fingerprint density at radius 1 is 1.17 bits per heavy atom. The molecule has 0 spiro atoms. The van der Waals surface area contributed by atoms with Crippen molar-refractivity contribution in [3.63, 3.8) is 0 Å². The van der Waals surface area contributed by atoms with Gasteiger partial charge in [-0.3, -0.25) is 9.59 Å². The average Bonchev–Trinajstić information content (AvgIpc) is 3.50. The Labute approximate surface area is 210 Å². The van der Waals surface area contributed by atoms with E-state index < -0.39 is 11.9 Å². The third-order valence-electron chi connectivity index (χ3n) is 6.79. The first-order chi connectivity index (χ1) is 17.5. The summed E-state index contributed by atoms with van der Waals surface area (Å²) in [5.74, 6) is -1.11. The monoisotopic (exact) mass is 504 g/mol. The molecule has 1 saturated heterocycles. The predicted octanol–water partition coefficient (Wildman–Crippen LogP) is 3.96. The Balaban J connectivity index is 1.49. The van der Waals surface area contributed by atoms with E-state index in [0.29, 0.717) is 39.6 Å². The molecule has 2 aromatic carbocycles. The molecule has 2 amide bonds. The van der Waals surface area contributed by atoms with Crippen molar-refractivity contribution in [2.24, 2.45) is 5.92 Å². The topological polar surface area (TPSA) is 100 Å². The quantitative estimate of drug-likeness (QED) is 0.390. The second-order valence-corrected chi connectivity index (χ2v) is 9.48. The summed E-state index contributed by atoms with van der Waals surface area (Å²) >= 11 is 6.41. The average molecular weight is 505 g/mol. The maximum Gasteiger partial charge on any atom is 0.252 e. The number of anilines is 1. The molecule has 0 unspecified atom stereocenters. The summed E-state index contributed by atoms with van der Waals surface area (Å²) < 4.78 is 15.8. The van der Waals surface area contributed by atoms with Gasteiger partial charge in [-0.1, -0.05) is 11.6 Å². The minimum Gasteiger partial charge on any atom is -0.341 e. The number of rotatable bonds is 4. The van der Waals surface area contributed by atoms with Crippen LogP contribution in [0.4, 0.5) is 10.1 Å². The fraction of sp³-hybridized carbons (Fsp3) is 0.231. The van der Waals surface area contributed by atoms with Crippen molar-refractivity contribution in [2.45, 2.75) is 18.9 Å². The van der Waals surface area contributed by atoms with Crippen molar-refractivity contribution in [1.82, 2.24) is 25.2 Å². The molecule has 10 heteroatoms. The summed E-state index contributed by atoms with van der Waals surface area (Å²) in [6, 6.07) is 10.7. The molecule has 3 N–H and O–H groups in total. The first kappa shape index (κ1) is 22.6. The minimum atomic E-state index is -0.706. The lowest BCUT2D eigenvalue weighted by molar-refractivity contribution is -0.120. The molecule has 36 heavy (non-hydrogen) atoms. The summed E-state index contributed by atoms with van der Waals surface area (Å²) in [6.07, 6.45) is 4.97.